The molecule has 4 rings (SSSR count). The van der Waals surface area contributed by atoms with E-state index in [0.29, 0.717) is 29.8 Å². The fourth-order valence-electron chi connectivity index (χ4n) is 3.82. The molecule has 1 heterocycles. The van der Waals surface area contributed by atoms with Crippen molar-refractivity contribution >= 4 is 29.7 Å². The van der Waals surface area contributed by atoms with Gasteiger partial charge < -0.3 is 14.8 Å². The maximum atomic E-state index is 12.7. The number of rotatable bonds is 8. The normalized spacial score (nSPS) is 14.4. The summed E-state index contributed by atoms with van der Waals surface area (Å²) in [5.41, 5.74) is 5.88. The van der Waals surface area contributed by atoms with Gasteiger partial charge in [0.1, 0.15) is 11.9 Å². The van der Waals surface area contributed by atoms with Crippen molar-refractivity contribution in [2.75, 3.05) is 11.9 Å². The summed E-state index contributed by atoms with van der Waals surface area (Å²) in [6, 6.07) is 21.2. The summed E-state index contributed by atoms with van der Waals surface area (Å²) >= 11 is 0. The van der Waals surface area contributed by atoms with Gasteiger partial charge in [-0.3, -0.25) is 14.4 Å². The van der Waals surface area contributed by atoms with E-state index in [1.807, 2.05) is 18.2 Å². The molecular weight excluding hydrogens is 458 g/mol. The number of amides is 2. The Labute approximate surface area is 209 Å². The zero-order valence-electron chi connectivity index (χ0n) is 19.9. The van der Waals surface area contributed by atoms with Gasteiger partial charge in [0.15, 0.2) is 0 Å². The van der Waals surface area contributed by atoms with Gasteiger partial charge in [-0.15, -0.1) is 0 Å². The summed E-state index contributed by atoms with van der Waals surface area (Å²) in [6.45, 7) is 2.14. The highest BCUT2D eigenvalue weighted by atomic mass is 16.5. The molecule has 0 saturated carbocycles. The van der Waals surface area contributed by atoms with E-state index in [4.69, 9.17) is 9.47 Å². The minimum absolute atomic E-state index is 0.203. The van der Waals surface area contributed by atoms with E-state index < -0.39 is 0 Å². The van der Waals surface area contributed by atoms with E-state index in [0.717, 1.165) is 23.3 Å². The average Bonchev–Trinajstić information content (AvgIpc) is 2.89. The van der Waals surface area contributed by atoms with Gasteiger partial charge in [-0.1, -0.05) is 30.3 Å². The number of carbonyl (C=O) groups is 3. The zero-order chi connectivity index (χ0) is 25.3. The molecule has 1 aliphatic heterocycles. The number of hydrazone groups is 1. The highest BCUT2D eigenvalue weighted by Crippen LogP contribution is 2.31. The lowest BCUT2D eigenvalue weighted by molar-refractivity contribution is -0.145. The lowest BCUT2D eigenvalue weighted by Gasteiger charge is -2.26. The van der Waals surface area contributed by atoms with Crippen LogP contribution in [0.4, 0.5) is 5.69 Å². The van der Waals surface area contributed by atoms with Gasteiger partial charge in [0.25, 0.3) is 11.8 Å². The Bertz CT molecular complexity index is 1260. The first-order valence-corrected chi connectivity index (χ1v) is 11.8. The molecule has 0 spiro atoms. The topological polar surface area (TPSA) is 106 Å². The van der Waals surface area contributed by atoms with Crippen LogP contribution in [0.15, 0.2) is 77.9 Å². The van der Waals surface area contributed by atoms with Crippen molar-refractivity contribution in [3.05, 3.63) is 95.1 Å². The monoisotopic (exact) mass is 485 g/mol. The van der Waals surface area contributed by atoms with E-state index in [2.05, 4.69) is 15.8 Å². The van der Waals surface area contributed by atoms with Gasteiger partial charge in [-0.2, -0.15) is 5.10 Å². The maximum Gasteiger partial charge on any atom is 0.309 e. The van der Waals surface area contributed by atoms with Gasteiger partial charge in [0.05, 0.1) is 19.2 Å². The Morgan fingerprint density at radius 3 is 2.50 bits per heavy atom. The van der Waals surface area contributed by atoms with E-state index in [9.17, 15) is 14.4 Å². The highest BCUT2D eigenvalue weighted by Gasteiger charge is 2.23. The molecule has 0 fully saturated rings. The third-order valence-corrected chi connectivity index (χ3v) is 5.64. The molecule has 184 valence electrons. The Kier molecular flexibility index (Phi) is 8.08. The van der Waals surface area contributed by atoms with Crippen molar-refractivity contribution in [2.45, 2.75) is 32.3 Å². The summed E-state index contributed by atoms with van der Waals surface area (Å²) in [4.78, 5) is 36.4. The minimum atomic E-state index is -0.298. The number of carbonyl (C=O) groups excluding carboxylic acids is 3. The molecule has 3 aromatic rings. The number of nitrogens with zero attached hydrogens (tertiary/aromatic N) is 1. The van der Waals surface area contributed by atoms with Crippen LogP contribution in [0.3, 0.4) is 0 Å². The number of hydrogen-bond acceptors (Lipinski definition) is 6. The van der Waals surface area contributed by atoms with Crippen molar-refractivity contribution in [1.82, 2.24) is 5.43 Å². The largest absolute Gasteiger partial charge is 0.490 e. The molecule has 3 aromatic carbocycles. The summed E-state index contributed by atoms with van der Waals surface area (Å²) in [5, 5.41) is 6.87. The predicted molar refractivity (Wildman–Crippen MR) is 136 cm³/mol. The van der Waals surface area contributed by atoms with E-state index in [1.165, 1.54) is 6.21 Å². The molecular formula is C28H27N3O5. The van der Waals surface area contributed by atoms with Gasteiger partial charge in [-0.05, 0) is 73.4 Å². The van der Waals surface area contributed by atoms with Crippen LogP contribution < -0.4 is 15.5 Å². The smallest absolute Gasteiger partial charge is 0.309 e. The van der Waals surface area contributed by atoms with Crippen molar-refractivity contribution in [2.24, 2.45) is 5.10 Å². The number of hydrogen-bond donors (Lipinski definition) is 2. The number of esters is 1. The zero-order valence-corrected chi connectivity index (χ0v) is 19.9. The van der Waals surface area contributed by atoms with Crippen LogP contribution in [0.5, 0.6) is 5.75 Å². The predicted octanol–water partition coefficient (Wildman–Crippen LogP) is 4.35. The van der Waals surface area contributed by atoms with E-state index in [-0.39, 0.29) is 30.3 Å². The van der Waals surface area contributed by atoms with Crippen LogP contribution >= 0.6 is 0 Å². The van der Waals surface area contributed by atoms with Gasteiger partial charge >= 0.3 is 5.97 Å². The highest BCUT2D eigenvalue weighted by molar-refractivity contribution is 6.04. The molecule has 8 heteroatoms. The summed E-state index contributed by atoms with van der Waals surface area (Å²) in [7, 11) is 0. The number of aryl methyl sites for hydroxylation is 1. The van der Waals surface area contributed by atoms with Crippen molar-refractivity contribution < 1.29 is 23.9 Å². The molecule has 2 amide bonds. The fraction of sp³-hybridized carbons (Fsp3) is 0.214. The minimum Gasteiger partial charge on any atom is -0.490 e. The van der Waals surface area contributed by atoms with Crippen LogP contribution in [0.25, 0.3) is 0 Å². The summed E-state index contributed by atoms with van der Waals surface area (Å²) < 4.78 is 10.9. The van der Waals surface area contributed by atoms with Crippen LogP contribution in [-0.2, 0) is 16.0 Å². The van der Waals surface area contributed by atoms with Crippen LogP contribution in [-0.4, -0.2) is 36.7 Å². The lowest BCUT2D eigenvalue weighted by Crippen LogP contribution is -2.26. The third-order valence-electron chi connectivity index (χ3n) is 5.64. The molecule has 36 heavy (non-hydrogen) atoms. The fourth-order valence-corrected chi connectivity index (χ4v) is 3.82. The summed E-state index contributed by atoms with van der Waals surface area (Å²) in [6.07, 6.45) is 2.99. The van der Waals surface area contributed by atoms with Crippen LogP contribution in [0.1, 0.15) is 51.6 Å². The number of nitrogens with one attached hydrogen (secondary N) is 2. The third kappa shape index (κ3) is 6.56. The Balaban J connectivity index is 1.30. The van der Waals surface area contributed by atoms with Gasteiger partial charge in [0.2, 0.25) is 0 Å². The molecule has 8 nitrogen and oxygen atoms in total. The SMILES string of the molecule is CCOC(=O)CC1CCc2cc(NC(=O)c3ccc(C=NNC(=O)c4ccccc4)cc3)ccc2O1. The molecule has 0 aromatic heterocycles. The second-order valence-electron chi connectivity index (χ2n) is 8.25. The van der Waals surface area contributed by atoms with Crippen molar-refractivity contribution in [3.63, 3.8) is 0 Å². The van der Waals surface area contributed by atoms with E-state index >= 15 is 0 Å². The molecule has 1 aliphatic rings. The molecule has 1 atom stereocenters. The second kappa shape index (κ2) is 11.8. The van der Waals surface area contributed by atoms with Gasteiger partial charge in [0, 0.05) is 16.8 Å². The van der Waals surface area contributed by atoms with Crippen LogP contribution in [0, 0.1) is 0 Å². The lowest BCUT2D eigenvalue weighted by atomic mass is 10.00. The number of benzene rings is 3. The Morgan fingerprint density at radius 1 is 1.00 bits per heavy atom. The molecule has 0 aliphatic carbocycles. The quantitative estimate of drug-likeness (QED) is 0.280. The average molecular weight is 486 g/mol. The van der Waals surface area contributed by atoms with E-state index in [1.54, 1.807) is 61.5 Å². The second-order valence-corrected chi connectivity index (χ2v) is 8.25. The number of fused-ring (bicyclic) bond motifs is 1. The number of anilines is 1. The van der Waals surface area contributed by atoms with Crippen molar-refractivity contribution in [3.8, 4) is 5.75 Å². The molecule has 2 N–H and O–H groups in total. The first-order valence-electron chi connectivity index (χ1n) is 11.8. The van der Waals surface area contributed by atoms with Crippen LogP contribution in [0.2, 0.25) is 0 Å². The molecule has 1 unspecified atom stereocenters. The Hall–Kier alpha value is -4.46. The maximum absolute atomic E-state index is 12.7. The molecule has 0 bridgehead atoms. The number of ether oxygens (including phenoxy) is 2. The van der Waals surface area contributed by atoms with Crippen molar-refractivity contribution in [1.29, 1.82) is 0 Å². The summed E-state index contributed by atoms with van der Waals surface area (Å²) in [5.74, 6) is -0.0823. The molecule has 0 radical (unpaired) electrons. The first-order chi connectivity index (χ1) is 17.5. The molecule has 0 saturated heterocycles. The standard InChI is InChI=1S/C28H27N3O5/c1-2-35-26(32)17-24-14-12-22-16-23(13-15-25(22)36-24)30-27(33)21-10-8-19(9-11-21)18-29-31-28(34)20-6-4-3-5-7-20/h3-11,13,15-16,18,24H,2,12,14,17H2,1H3,(H,30,33)(H,31,34). The van der Waals surface area contributed by atoms with Gasteiger partial charge in [-0.25, -0.2) is 5.43 Å². The Morgan fingerprint density at radius 2 is 1.75 bits per heavy atom. The first kappa shape index (κ1) is 24.7.